The van der Waals surface area contributed by atoms with Crippen molar-refractivity contribution < 1.29 is 9.53 Å². The number of ether oxygens (including phenoxy) is 1. The molecule has 1 aromatic rings. The van der Waals surface area contributed by atoms with Crippen LogP contribution in [0.2, 0.25) is 0 Å². The lowest BCUT2D eigenvalue weighted by molar-refractivity contribution is 0.108. The van der Waals surface area contributed by atoms with Gasteiger partial charge in [0.2, 0.25) is 5.12 Å². The van der Waals surface area contributed by atoms with Crippen molar-refractivity contribution in [2.75, 3.05) is 6.61 Å². The van der Waals surface area contributed by atoms with Gasteiger partial charge in [0.15, 0.2) is 0 Å². The zero-order valence-electron chi connectivity index (χ0n) is 15.8. The molecule has 0 unspecified atom stereocenters. The molecule has 0 radical (unpaired) electrons. The maximum Gasteiger partial charge on any atom is 0.220 e. The van der Waals surface area contributed by atoms with E-state index in [2.05, 4.69) is 58.6 Å². The highest BCUT2D eigenvalue weighted by Crippen LogP contribution is 2.20. The van der Waals surface area contributed by atoms with E-state index in [9.17, 15) is 4.79 Å². The molecule has 0 atom stereocenters. The lowest BCUT2D eigenvalue weighted by Crippen LogP contribution is -2.00. The van der Waals surface area contributed by atoms with Crippen LogP contribution in [0.15, 0.2) is 59.2 Å². The first-order valence-electron chi connectivity index (χ1n) is 8.80. The highest BCUT2D eigenvalue weighted by Gasteiger charge is 2.07. The normalized spacial score (nSPS) is 12.0. The van der Waals surface area contributed by atoms with E-state index in [0.29, 0.717) is 17.9 Å². The van der Waals surface area contributed by atoms with Gasteiger partial charge in [0.25, 0.3) is 0 Å². The van der Waals surface area contributed by atoms with Gasteiger partial charge >= 0.3 is 0 Å². The Balaban J connectivity index is 2.39. The maximum absolute atomic E-state index is 11.4. The second-order valence-electron chi connectivity index (χ2n) is 6.57. The maximum atomic E-state index is 11.4. The van der Waals surface area contributed by atoms with Gasteiger partial charge in [0.05, 0.1) is 5.56 Å². The van der Waals surface area contributed by atoms with Crippen LogP contribution in [-0.2, 0) is 0 Å². The molecule has 2 nitrogen and oxygen atoms in total. The molecule has 0 spiro atoms. The first-order chi connectivity index (χ1) is 11.9. The molecule has 0 saturated carbocycles. The highest BCUT2D eigenvalue weighted by molar-refractivity contribution is 7.97. The molecule has 0 saturated heterocycles. The fourth-order valence-corrected chi connectivity index (χ4v) is 2.57. The van der Waals surface area contributed by atoms with Crippen LogP contribution in [0, 0.1) is 0 Å². The molecule has 0 bridgehead atoms. The number of allylic oxidation sites excluding steroid dienone is 5. The molecule has 0 aliphatic rings. The van der Waals surface area contributed by atoms with Crippen molar-refractivity contribution in [3.63, 3.8) is 0 Å². The lowest BCUT2D eigenvalue weighted by atomic mass is 10.1. The fourth-order valence-electron chi connectivity index (χ4n) is 2.38. The van der Waals surface area contributed by atoms with Crippen molar-refractivity contribution in [3.05, 3.63) is 64.8 Å². The van der Waals surface area contributed by atoms with Gasteiger partial charge in [0.1, 0.15) is 12.4 Å². The molecule has 1 aromatic carbocycles. The summed E-state index contributed by atoms with van der Waals surface area (Å²) in [4.78, 5) is 11.4. The molecule has 25 heavy (non-hydrogen) atoms. The lowest BCUT2D eigenvalue weighted by Gasteiger charge is -2.08. The van der Waals surface area contributed by atoms with Crippen LogP contribution in [0.25, 0.3) is 0 Å². The molecule has 0 fully saturated rings. The Morgan fingerprint density at radius 2 is 1.56 bits per heavy atom. The minimum atomic E-state index is -0.273. The zero-order chi connectivity index (χ0) is 18.7. The van der Waals surface area contributed by atoms with Crippen molar-refractivity contribution in [1.82, 2.24) is 0 Å². The molecule has 0 N–H and O–H groups in total. The van der Waals surface area contributed by atoms with Crippen LogP contribution < -0.4 is 4.74 Å². The summed E-state index contributed by atoms with van der Waals surface area (Å²) in [6.07, 6.45) is 11.0. The van der Waals surface area contributed by atoms with Gasteiger partial charge in [-0.1, -0.05) is 41.0 Å². The molecule has 0 amide bonds. The van der Waals surface area contributed by atoms with Crippen LogP contribution in [-0.4, -0.2) is 11.7 Å². The van der Waals surface area contributed by atoms with E-state index in [4.69, 9.17) is 4.74 Å². The Bertz CT molecular complexity index is 650. The summed E-state index contributed by atoms with van der Waals surface area (Å²) < 4.78 is 5.70. The first kappa shape index (κ1) is 21.3. The van der Waals surface area contributed by atoms with Crippen molar-refractivity contribution in [3.8, 4) is 5.75 Å². The van der Waals surface area contributed by atoms with E-state index in [1.165, 1.54) is 16.7 Å². The monoisotopic (exact) mass is 358 g/mol. The predicted octanol–water partition coefficient (Wildman–Crippen LogP) is 6.55. The summed E-state index contributed by atoms with van der Waals surface area (Å²) in [6, 6.07) is 7.19. The number of hydrogen-bond acceptors (Lipinski definition) is 2. The van der Waals surface area contributed by atoms with Crippen molar-refractivity contribution in [2.45, 2.75) is 53.4 Å². The summed E-state index contributed by atoms with van der Waals surface area (Å²) in [5, 5.41) is -0.273. The van der Waals surface area contributed by atoms with Crippen LogP contribution in [0.1, 0.15) is 63.7 Å². The highest BCUT2D eigenvalue weighted by atomic mass is 32.1. The van der Waals surface area contributed by atoms with Crippen LogP contribution >= 0.6 is 12.6 Å². The summed E-state index contributed by atoms with van der Waals surface area (Å²) >= 11 is 3.88. The molecule has 1 rings (SSSR count). The number of benzene rings is 1. The second kappa shape index (κ2) is 11.8. The van der Waals surface area contributed by atoms with E-state index < -0.39 is 0 Å². The fraction of sp³-hybridized carbons (Fsp3) is 0.409. The van der Waals surface area contributed by atoms with Gasteiger partial charge in [-0.3, -0.25) is 4.79 Å². The number of para-hydroxylation sites is 1. The second-order valence-corrected chi connectivity index (χ2v) is 6.98. The third kappa shape index (κ3) is 9.35. The Morgan fingerprint density at radius 1 is 0.960 bits per heavy atom. The van der Waals surface area contributed by atoms with Gasteiger partial charge in [-0.25, -0.2) is 0 Å². The smallest absolute Gasteiger partial charge is 0.220 e. The quantitative estimate of drug-likeness (QED) is 0.379. The van der Waals surface area contributed by atoms with E-state index in [0.717, 1.165) is 25.7 Å². The van der Waals surface area contributed by atoms with E-state index in [1.807, 2.05) is 12.1 Å². The van der Waals surface area contributed by atoms with E-state index >= 15 is 0 Å². The summed E-state index contributed by atoms with van der Waals surface area (Å²) in [6.45, 7) is 9.06. The largest absolute Gasteiger partial charge is 0.489 e. The van der Waals surface area contributed by atoms with Gasteiger partial charge in [-0.05, 0) is 71.6 Å². The first-order valence-corrected chi connectivity index (χ1v) is 9.24. The van der Waals surface area contributed by atoms with Crippen LogP contribution in [0.5, 0.6) is 5.75 Å². The molecule has 3 heteroatoms. The number of thiol groups is 1. The van der Waals surface area contributed by atoms with Crippen molar-refractivity contribution >= 4 is 17.7 Å². The molecular weight excluding hydrogens is 328 g/mol. The summed E-state index contributed by atoms with van der Waals surface area (Å²) in [5.74, 6) is 0.585. The molecule has 0 aliphatic carbocycles. The van der Waals surface area contributed by atoms with Crippen molar-refractivity contribution in [1.29, 1.82) is 0 Å². The Hall–Kier alpha value is -1.74. The third-order valence-electron chi connectivity index (χ3n) is 3.91. The number of rotatable bonds is 10. The Labute approximate surface area is 158 Å². The van der Waals surface area contributed by atoms with Crippen LogP contribution in [0.4, 0.5) is 0 Å². The van der Waals surface area contributed by atoms with Crippen LogP contribution in [0.3, 0.4) is 0 Å². The molecule has 0 aliphatic heterocycles. The zero-order valence-corrected chi connectivity index (χ0v) is 16.7. The van der Waals surface area contributed by atoms with E-state index in [-0.39, 0.29) is 5.12 Å². The van der Waals surface area contributed by atoms with Crippen molar-refractivity contribution in [2.24, 2.45) is 0 Å². The number of carbonyl (C=O) groups excluding carboxylic acids is 1. The van der Waals surface area contributed by atoms with Gasteiger partial charge in [0, 0.05) is 0 Å². The standard InChI is InChI=1S/C22H30O2S/c1-17(2)9-7-10-18(3)11-8-12-19(4)15-16-24-21-14-6-5-13-20(21)22(23)25/h5-6,9,11,13-15H,7-8,10,12,16H2,1-4H3,(H,23,25)/b18-11+,19-15+. The minimum absolute atomic E-state index is 0.273. The average Bonchev–Trinajstić information content (AvgIpc) is 2.54. The van der Waals surface area contributed by atoms with Gasteiger partial charge in [-0.15, -0.1) is 12.6 Å². The Kier molecular flexibility index (Phi) is 10.0. The molecule has 0 aromatic heterocycles. The molecule has 0 heterocycles. The Morgan fingerprint density at radius 3 is 2.20 bits per heavy atom. The minimum Gasteiger partial charge on any atom is -0.489 e. The molecule has 136 valence electrons. The topological polar surface area (TPSA) is 26.3 Å². The average molecular weight is 359 g/mol. The molecular formula is C22H30O2S. The van der Waals surface area contributed by atoms with E-state index in [1.54, 1.807) is 12.1 Å². The number of hydrogen-bond donors (Lipinski definition) is 1. The summed E-state index contributed by atoms with van der Waals surface area (Å²) in [7, 11) is 0. The van der Waals surface area contributed by atoms with Gasteiger partial charge in [-0.2, -0.15) is 0 Å². The van der Waals surface area contributed by atoms with Gasteiger partial charge < -0.3 is 4.74 Å². The summed E-state index contributed by atoms with van der Waals surface area (Å²) in [5.41, 5.74) is 4.63. The predicted molar refractivity (Wildman–Crippen MR) is 111 cm³/mol. The SMILES string of the molecule is CC(C)=CCC/C(C)=C/CC/C(C)=C/COc1ccccc1C(=O)S. The number of carbonyl (C=O) groups is 1. The third-order valence-corrected chi connectivity index (χ3v) is 4.15.